The molecule has 0 spiro atoms. The predicted molar refractivity (Wildman–Crippen MR) is 235 cm³/mol. The van der Waals surface area contributed by atoms with Crippen molar-refractivity contribution < 1.29 is 28.7 Å². The summed E-state index contributed by atoms with van der Waals surface area (Å²) in [5.41, 5.74) is 2.15. The van der Waals surface area contributed by atoms with E-state index < -0.39 is 46.3 Å². The molecule has 8 rings (SSSR count). The zero-order chi connectivity index (χ0) is 44.2. The number of nitrogens with zero attached hydrogens (tertiary/aromatic N) is 4. The number of hydrogen-bond acceptors (Lipinski definition) is 8. The van der Waals surface area contributed by atoms with Crippen LogP contribution in [0.3, 0.4) is 0 Å². The number of likely N-dealkylation sites (tertiary alicyclic amines) is 2. The van der Waals surface area contributed by atoms with E-state index in [1.807, 2.05) is 36.7 Å². The molecular formula is C48H62N8O6. The molecule has 14 heteroatoms. The standard InChI is InChI=1S/C48H62N8O6/c1-45(2,3)37(53-41(57)47(7,33-19-20-33)61-43(59)55-23-9-24-55)39-49-27-35(51-39)31-15-11-29(12-16-31)30-13-17-32(18-14-30)36-28-50-40(52-36)38(46(4,5)6)54-42(58)48(8,34-21-22-34)62-44(60)56-25-10-26-56/h11-18,27-28,33-34,37-38H,9-10,19-26H2,1-8H3,(H,49,51)(H,50,52)(H,53,57)(H,54,58)/t37-,38-,47?,48?/m1/s1. The molecule has 62 heavy (non-hydrogen) atoms. The number of carbonyl (C=O) groups is 4. The van der Waals surface area contributed by atoms with Gasteiger partial charge in [-0.2, -0.15) is 0 Å². The summed E-state index contributed by atoms with van der Waals surface area (Å²) in [6.07, 6.45) is 8.13. The fourth-order valence-corrected chi connectivity index (χ4v) is 8.26. The molecule has 2 saturated heterocycles. The average molecular weight is 847 g/mol. The lowest BCUT2D eigenvalue weighted by Gasteiger charge is -2.37. The number of hydrogen-bond donors (Lipinski definition) is 4. The molecule has 2 aromatic heterocycles. The molecule has 2 aliphatic heterocycles. The van der Waals surface area contributed by atoms with E-state index >= 15 is 0 Å². The molecule has 4 heterocycles. The highest BCUT2D eigenvalue weighted by Crippen LogP contribution is 2.45. The highest BCUT2D eigenvalue weighted by atomic mass is 16.6. The summed E-state index contributed by atoms with van der Waals surface area (Å²) in [6.45, 7) is 18.4. The summed E-state index contributed by atoms with van der Waals surface area (Å²) >= 11 is 0. The maximum atomic E-state index is 13.9. The Bertz CT molecular complexity index is 2130. The molecule has 4 aliphatic rings. The van der Waals surface area contributed by atoms with Gasteiger partial charge in [0, 0.05) is 61.5 Å². The minimum Gasteiger partial charge on any atom is -0.433 e. The summed E-state index contributed by atoms with van der Waals surface area (Å²) in [6, 6.07) is 15.5. The summed E-state index contributed by atoms with van der Waals surface area (Å²) in [4.78, 5) is 73.3. The number of benzene rings is 2. The minimum absolute atomic E-state index is 0.00929. The first-order valence-electron chi connectivity index (χ1n) is 22.2. The van der Waals surface area contributed by atoms with Crippen LogP contribution in [0.5, 0.6) is 0 Å². The smallest absolute Gasteiger partial charge is 0.410 e. The Hall–Kier alpha value is -5.66. The second kappa shape index (κ2) is 16.2. The second-order valence-electron chi connectivity index (χ2n) is 20.2. The number of carbonyl (C=O) groups excluding carboxylic acids is 4. The molecule has 0 bridgehead atoms. The number of nitrogens with one attached hydrogen (secondary N) is 4. The maximum absolute atomic E-state index is 13.9. The van der Waals surface area contributed by atoms with Crippen LogP contribution >= 0.6 is 0 Å². The van der Waals surface area contributed by atoms with Gasteiger partial charge in [0.05, 0.1) is 23.5 Å². The Morgan fingerprint density at radius 2 is 0.887 bits per heavy atom. The molecule has 2 saturated carbocycles. The van der Waals surface area contributed by atoms with E-state index in [0.29, 0.717) is 37.8 Å². The number of rotatable bonds is 13. The van der Waals surface area contributed by atoms with Gasteiger partial charge < -0.3 is 39.9 Å². The predicted octanol–water partition coefficient (Wildman–Crippen LogP) is 8.56. The quantitative estimate of drug-likeness (QED) is 0.104. The number of H-pyrrole nitrogens is 2. The summed E-state index contributed by atoms with van der Waals surface area (Å²) in [5.74, 6) is 0.635. The molecule has 330 valence electrons. The van der Waals surface area contributed by atoms with Crippen molar-refractivity contribution in [1.82, 2.24) is 40.4 Å². The van der Waals surface area contributed by atoms with Crippen LogP contribution in [0.15, 0.2) is 60.9 Å². The Balaban J connectivity index is 0.927. The van der Waals surface area contributed by atoms with Gasteiger partial charge in [-0.3, -0.25) is 9.59 Å². The van der Waals surface area contributed by atoms with E-state index in [4.69, 9.17) is 19.4 Å². The molecule has 0 radical (unpaired) electrons. The Labute approximate surface area is 364 Å². The molecule has 4 fully saturated rings. The maximum Gasteiger partial charge on any atom is 0.410 e. The van der Waals surface area contributed by atoms with Crippen LogP contribution in [-0.2, 0) is 19.1 Å². The number of amides is 4. The second-order valence-corrected chi connectivity index (χ2v) is 20.2. The molecule has 2 aliphatic carbocycles. The number of aromatic amines is 2. The number of imidazole rings is 2. The monoisotopic (exact) mass is 846 g/mol. The van der Waals surface area contributed by atoms with Crippen LogP contribution < -0.4 is 10.6 Å². The van der Waals surface area contributed by atoms with E-state index in [-0.39, 0.29) is 23.7 Å². The van der Waals surface area contributed by atoms with E-state index in [9.17, 15) is 19.2 Å². The summed E-state index contributed by atoms with van der Waals surface area (Å²) in [7, 11) is 0. The number of aromatic nitrogens is 4. The third-order valence-corrected chi connectivity index (χ3v) is 13.2. The Kier molecular flexibility index (Phi) is 11.3. The molecule has 4 aromatic rings. The van der Waals surface area contributed by atoms with Crippen molar-refractivity contribution in [2.24, 2.45) is 22.7 Å². The largest absolute Gasteiger partial charge is 0.433 e. The molecular weight excluding hydrogens is 785 g/mol. The summed E-state index contributed by atoms with van der Waals surface area (Å²) in [5, 5.41) is 6.41. The molecule has 4 N–H and O–H groups in total. The van der Waals surface area contributed by atoms with Crippen molar-refractivity contribution in [2.75, 3.05) is 26.2 Å². The van der Waals surface area contributed by atoms with Crippen molar-refractivity contribution >= 4 is 24.0 Å². The van der Waals surface area contributed by atoms with E-state index in [1.165, 1.54) is 0 Å². The highest BCUT2D eigenvalue weighted by molar-refractivity contribution is 5.89. The van der Waals surface area contributed by atoms with Crippen LogP contribution in [0.2, 0.25) is 0 Å². The third-order valence-electron chi connectivity index (χ3n) is 13.2. The van der Waals surface area contributed by atoms with Crippen molar-refractivity contribution in [1.29, 1.82) is 0 Å². The topological polar surface area (TPSA) is 175 Å². The number of ether oxygens (including phenoxy) is 2. The van der Waals surface area contributed by atoms with Gasteiger partial charge in [0.1, 0.15) is 11.6 Å². The highest BCUT2D eigenvalue weighted by Gasteiger charge is 2.54. The van der Waals surface area contributed by atoms with Crippen LogP contribution in [0, 0.1) is 22.7 Å². The Morgan fingerprint density at radius 1 is 0.565 bits per heavy atom. The molecule has 2 unspecified atom stereocenters. The van der Waals surface area contributed by atoms with Gasteiger partial charge in [-0.15, -0.1) is 0 Å². The SMILES string of the molecule is CC(OC(=O)N1CCC1)(C(=O)N[C@H](c1nc(-c2ccc(-c3ccc(-c4c[nH]c([C@@H](NC(=O)C(C)(OC(=O)N5CCC5)C5CC5)C(C)(C)C)n4)cc3)cc2)c[nH]1)C(C)(C)C)C1CC1. The Morgan fingerprint density at radius 3 is 1.16 bits per heavy atom. The lowest BCUT2D eigenvalue weighted by molar-refractivity contribution is -0.144. The van der Waals surface area contributed by atoms with Crippen LogP contribution in [0.1, 0.15) is 118 Å². The van der Waals surface area contributed by atoms with Crippen molar-refractivity contribution in [3.63, 3.8) is 0 Å². The van der Waals surface area contributed by atoms with Gasteiger partial charge in [-0.1, -0.05) is 90.1 Å². The van der Waals surface area contributed by atoms with E-state index in [1.54, 1.807) is 23.6 Å². The van der Waals surface area contributed by atoms with Gasteiger partial charge in [0.15, 0.2) is 11.2 Å². The van der Waals surface area contributed by atoms with Crippen molar-refractivity contribution in [3.8, 4) is 33.6 Å². The molecule has 14 nitrogen and oxygen atoms in total. The van der Waals surface area contributed by atoms with Crippen LogP contribution in [0.25, 0.3) is 33.6 Å². The van der Waals surface area contributed by atoms with Gasteiger partial charge >= 0.3 is 12.2 Å². The van der Waals surface area contributed by atoms with Crippen LogP contribution in [-0.4, -0.2) is 91.1 Å². The first kappa shape index (κ1) is 43.0. The van der Waals surface area contributed by atoms with E-state index in [2.05, 4.69) is 86.4 Å². The molecule has 2 aromatic carbocycles. The van der Waals surface area contributed by atoms with Gasteiger partial charge in [0.2, 0.25) is 0 Å². The fraction of sp³-hybridized carbons (Fsp3) is 0.542. The lowest BCUT2D eigenvalue weighted by atomic mass is 9.85. The first-order valence-corrected chi connectivity index (χ1v) is 22.2. The molecule has 4 atom stereocenters. The third kappa shape index (κ3) is 8.83. The van der Waals surface area contributed by atoms with Gasteiger partial charge in [0.25, 0.3) is 11.8 Å². The van der Waals surface area contributed by atoms with Gasteiger partial charge in [-0.05, 0) is 74.3 Å². The first-order chi connectivity index (χ1) is 29.3. The van der Waals surface area contributed by atoms with E-state index in [0.717, 1.165) is 72.2 Å². The summed E-state index contributed by atoms with van der Waals surface area (Å²) < 4.78 is 11.8. The van der Waals surface area contributed by atoms with Crippen LogP contribution in [0.4, 0.5) is 9.59 Å². The zero-order valence-electron chi connectivity index (χ0n) is 37.4. The minimum atomic E-state index is -1.25. The zero-order valence-corrected chi connectivity index (χ0v) is 37.4. The van der Waals surface area contributed by atoms with Gasteiger partial charge in [-0.25, -0.2) is 19.6 Å². The lowest BCUT2D eigenvalue weighted by Crippen LogP contribution is -2.55. The van der Waals surface area contributed by atoms with Crippen molar-refractivity contribution in [3.05, 3.63) is 72.6 Å². The average Bonchev–Trinajstić information content (AvgIpc) is 4.11. The normalized spacial score (nSPS) is 19.5. The molecule has 4 amide bonds. The fourth-order valence-electron chi connectivity index (χ4n) is 8.26. The van der Waals surface area contributed by atoms with Crippen molar-refractivity contribution in [2.45, 2.75) is 117 Å².